The van der Waals surface area contributed by atoms with E-state index in [1.165, 1.54) is 76.5 Å². The van der Waals surface area contributed by atoms with Crippen LogP contribution in [0.4, 0.5) is 0 Å². The van der Waals surface area contributed by atoms with Crippen LogP contribution < -0.4 is 0 Å². The highest BCUT2D eigenvalue weighted by Crippen LogP contribution is 2.47. The molecule has 0 aliphatic rings. The molecule has 1 heteroatoms. The van der Waals surface area contributed by atoms with E-state index in [1.807, 2.05) is 0 Å². The lowest BCUT2D eigenvalue weighted by molar-refractivity contribution is 0.669. The summed E-state index contributed by atoms with van der Waals surface area (Å²) in [5.74, 6) is 0. The largest absolute Gasteiger partial charge is 0.456 e. The average Bonchev–Trinajstić information content (AvgIpc) is 3.52. The molecule has 0 aliphatic heterocycles. The molecule has 0 saturated heterocycles. The van der Waals surface area contributed by atoms with Crippen molar-refractivity contribution < 1.29 is 4.42 Å². The Balaban J connectivity index is 1.31. The standard InChI is InChI=1S/C46H28O/c1-2-13-29(14-3-1)33-23-12-24-43-46(33)41-28-31(25-26-42(41)47-43)44-36-19-8-10-21-38(36)45(39-22-11-9-20-37(39)44)40-27-30-15-4-5-16-32(30)34-17-6-7-18-35(34)40/h1-28H. The van der Waals surface area contributed by atoms with Crippen LogP contribution >= 0.6 is 0 Å². The second-order valence-electron chi connectivity index (χ2n) is 12.4. The molecular formula is C46H28O. The number of fused-ring (bicyclic) bond motifs is 8. The number of benzene rings is 9. The Kier molecular flexibility index (Phi) is 5.64. The van der Waals surface area contributed by atoms with Crippen molar-refractivity contribution in [3.05, 3.63) is 170 Å². The van der Waals surface area contributed by atoms with Gasteiger partial charge in [0.15, 0.2) is 0 Å². The average molecular weight is 597 g/mol. The molecule has 1 aromatic heterocycles. The number of furan rings is 1. The Bertz CT molecular complexity index is 2780. The Morgan fingerprint density at radius 2 is 0.894 bits per heavy atom. The van der Waals surface area contributed by atoms with Crippen LogP contribution in [-0.4, -0.2) is 0 Å². The van der Waals surface area contributed by atoms with Crippen molar-refractivity contribution in [2.45, 2.75) is 0 Å². The Labute approximate surface area is 271 Å². The van der Waals surface area contributed by atoms with E-state index in [0.717, 1.165) is 21.9 Å². The van der Waals surface area contributed by atoms with Gasteiger partial charge in [-0.25, -0.2) is 0 Å². The molecule has 0 N–H and O–H groups in total. The fourth-order valence-corrected chi connectivity index (χ4v) is 7.83. The smallest absolute Gasteiger partial charge is 0.136 e. The first-order valence-corrected chi connectivity index (χ1v) is 16.2. The number of hydrogen-bond donors (Lipinski definition) is 0. The van der Waals surface area contributed by atoms with E-state index in [9.17, 15) is 0 Å². The molecule has 0 spiro atoms. The van der Waals surface area contributed by atoms with Gasteiger partial charge in [-0.1, -0.05) is 146 Å². The van der Waals surface area contributed by atoms with Crippen LogP contribution in [0, 0.1) is 0 Å². The maximum Gasteiger partial charge on any atom is 0.136 e. The second-order valence-corrected chi connectivity index (χ2v) is 12.4. The normalized spacial score (nSPS) is 11.8. The lowest BCUT2D eigenvalue weighted by atomic mass is 9.83. The molecule has 0 radical (unpaired) electrons. The van der Waals surface area contributed by atoms with Crippen molar-refractivity contribution in [2.24, 2.45) is 0 Å². The maximum atomic E-state index is 6.43. The third kappa shape index (κ3) is 3.90. The number of hydrogen-bond acceptors (Lipinski definition) is 1. The topological polar surface area (TPSA) is 13.1 Å². The quantitative estimate of drug-likeness (QED) is 0.146. The van der Waals surface area contributed by atoms with Gasteiger partial charge >= 0.3 is 0 Å². The summed E-state index contributed by atoms with van der Waals surface area (Å²) in [5, 5.41) is 12.4. The molecule has 1 nitrogen and oxygen atoms in total. The van der Waals surface area contributed by atoms with Gasteiger partial charge in [0.25, 0.3) is 0 Å². The summed E-state index contributed by atoms with van der Waals surface area (Å²) in [6.07, 6.45) is 0. The zero-order valence-corrected chi connectivity index (χ0v) is 25.6. The van der Waals surface area contributed by atoms with E-state index in [1.54, 1.807) is 0 Å². The highest BCUT2D eigenvalue weighted by Gasteiger charge is 2.20. The van der Waals surface area contributed by atoms with E-state index in [4.69, 9.17) is 4.42 Å². The molecule has 0 aliphatic carbocycles. The summed E-state index contributed by atoms with van der Waals surface area (Å²) in [6, 6.07) is 61.5. The summed E-state index contributed by atoms with van der Waals surface area (Å²) in [7, 11) is 0. The van der Waals surface area contributed by atoms with Crippen molar-refractivity contribution in [3.63, 3.8) is 0 Å². The van der Waals surface area contributed by atoms with Crippen molar-refractivity contribution in [2.75, 3.05) is 0 Å². The van der Waals surface area contributed by atoms with Gasteiger partial charge in [0, 0.05) is 10.8 Å². The van der Waals surface area contributed by atoms with Crippen molar-refractivity contribution in [1.29, 1.82) is 0 Å². The van der Waals surface area contributed by atoms with Crippen LogP contribution in [0.25, 0.3) is 98.4 Å². The van der Waals surface area contributed by atoms with Crippen LogP contribution in [-0.2, 0) is 0 Å². The highest BCUT2D eigenvalue weighted by atomic mass is 16.3. The fraction of sp³-hybridized carbons (Fsp3) is 0. The van der Waals surface area contributed by atoms with E-state index in [-0.39, 0.29) is 0 Å². The molecule has 47 heavy (non-hydrogen) atoms. The molecular weight excluding hydrogens is 569 g/mol. The van der Waals surface area contributed by atoms with E-state index in [2.05, 4.69) is 170 Å². The van der Waals surface area contributed by atoms with Gasteiger partial charge in [-0.05, 0) is 101 Å². The van der Waals surface area contributed by atoms with Gasteiger partial charge in [0.05, 0.1) is 0 Å². The Hall–Kier alpha value is -6.18. The Morgan fingerprint density at radius 3 is 1.62 bits per heavy atom. The molecule has 0 atom stereocenters. The molecule has 1 heterocycles. The minimum atomic E-state index is 0.903. The summed E-state index contributed by atoms with van der Waals surface area (Å²) in [6.45, 7) is 0. The van der Waals surface area contributed by atoms with Crippen LogP contribution in [0.2, 0.25) is 0 Å². The van der Waals surface area contributed by atoms with E-state index >= 15 is 0 Å². The summed E-state index contributed by atoms with van der Waals surface area (Å²) in [5.41, 5.74) is 9.17. The third-order valence-electron chi connectivity index (χ3n) is 9.84. The molecule has 9 aromatic carbocycles. The first-order valence-electron chi connectivity index (χ1n) is 16.2. The monoisotopic (exact) mass is 596 g/mol. The van der Waals surface area contributed by atoms with Gasteiger partial charge in [-0.15, -0.1) is 0 Å². The zero-order chi connectivity index (χ0) is 30.9. The number of rotatable bonds is 3. The predicted molar refractivity (Wildman–Crippen MR) is 200 cm³/mol. The van der Waals surface area contributed by atoms with Crippen LogP contribution in [0.5, 0.6) is 0 Å². The van der Waals surface area contributed by atoms with Gasteiger partial charge in [0.1, 0.15) is 11.2 Å². The van der Waals surface area contributed by atoms with Gasteiger partial charge in [0.2, 0.25) is 0 Å². The van der Waals surface area contributed by atoms with Crippen LogP contribution in [0.15, 0.2) is 174 Å². The molecule has 0 unspecified atom stereocenters. The van der Waals surface area contributed by atoms with Gasteiger partial charge < -0.3 is 4.42 Å². The SMILES string of the molecule is c1ccc(-c2cccc3oc4ccc(-c5c6ccccc6c(-c6cc7ccccc7c7ccccc67)c6ccccc56)cc4c23)cc1. The maximum absolute atomic E-state index is 6.43. The summed E-state index contributed by atoms with van der Waals surface area (Å²) < 4.78 is 6.43. The molecule has 10 aromatic rings. The van der Waals surface area contributed by atoms with Crippen molar-refractivity contribution >= 4 is 65.0 Å². The summed E-state index contributed by atoms with van der Waals surface area (Å²) >= 11 is 0. The molecule has 0 bridgehead atoms. The first kappa shape index (κ1) is 26.1. The lowest BCUT2D eigenvalue weighted by Crippen LogP contribution is -1.92. The minimum Gasteiger partial charge on any atom is -0.456 e. The summed E-state index contributed by atoms with van der Waals surface area (Å²) in [4.78, 5) is 0. The molecule has 0 fully saturated rings. The zero-order valence-electron chi connectivity index (χ0n) is 25.6. The van der Waals surface area contributed by atoms with Gasteiger partial charge in [-0.2, -0.15) is 0 Å². The minimum absolute atomic E-state index is 0.903. The first-order chi connectivity index (χ1) is 23.3. The molecule has 10 rings (SSSR count). The Morgan fingerprint density at radius 1 is 0.298 bits per heavy atom. The van der Waals surface area contributed by atoms with Crippen LogP contribution in [0.1, 0.15) is 0 Å². The molecule has 0 amide bonds. The van der Waals surface area contributed by atoms with Crippen LogP contribution in [0.3, 0.4) is 0 Å². The van der Waals surface area contributed by atoms with E-state index < -0.39 is 0 Å². The third-order valence-corrected chi connectivity index (χ3v) is 9.84. The molecule has 0 saturated carbocycles. The highest BCUT2D eigenvalue weighted by molar-refractivity contribution is 6.26. The fourth-order valence-electron chi connectivity index (χ4n) is 7.83. The molecule has 218 valence electrons. The van der Waals surface area contributed by atoms with Crippen molar-refractivity contribution in [1.82, 2.24) is 0 Å². The van der Waals surface area contributed by atoms with Crippen molar-refractivity contribution in [3.8, 4) is 33.4 Å². The lowest BCUT2D eigenvalue weighted by Gasteiger charge is -2.19. The van der Waals surface area contributed by atoms with Gasteiger partial charge in [-0.3, -0.25) is 0 Å². The predicted octanol–water partition coefficient (Wildman–Crippen LogP) is 13.2. The second kappa shape index (κ2) is 10.2. The van der Waals surface area contributed by atoms with E-state index in [0.29, 0.717) is 0 Å².